The van der Waals surface area contributed by atoms with Gasteiger partial charge in [0.2, 0.25) is 0 Å². The Morgan fingerprint density at radius 3 is 2.74 bits per heavy atom. The number of hydrogen-bond acceptors (Lipinski definition) is 5. The lowest BCUT2D eigenvalue weighted by atomic mass is 10.0. The second-order valence-electron chi connectivity index (χ2n) is 8.81. The number of rotatable bonds is 4. The van der Waals surface area contributed by atoms with Gasteiger partial charge in [-0.1, -0.05) is 6.07 Å². The molecule has 0 saturated heterocycles. The highest BCUT2D eigenvalue weighted by Gasteiger charge is 2.33. The first-order valence-electron chi connectivity index (χ1n) is 11.1. The molecule has 2 aromatic carbocycles. The van der Waals surface area contributed by atoms with Gasteiger partial charge in [-0.3, -0.25) is 9.59 Å². The van der Waals surface area contributed by atoms with E-state index in [9.17, 15) is 18.4 Å². The Balaban J connectivity index is 1.27. The number of halogens is 2. The summed E-state index contributed by atoms with van der Waals surface area (Å²) in [6, 6.07) is 8.25. The Morgan fingerprint density at radius 2 is 1.91 bits per heavy atom. The third-order valence-electron chi connectivity index (χ3n) is 6.47. The molecular formula is C24H20F2N6O2. The molecule has 2 aromatic heterocycles. The summed E-state index contributed by atoms with van der Waals surface area (Å²) < 4.78 is 30.4. The van der Waals surface area contributed by atoms with Crippen LogP contribution in [0, 0.1) is 11.6 Å². The fraction of sp³-hybridized carbons (Fsp3) is 0.292. The minimum atomic E-state index is -0.610. The number of nitrogens with zero attached hydrogens (tertiary/aromatic N) is 5. The molecule has 1 saturated carbocycles. The maximum absolute atomic E-state index is 14.7. The molecule has 1 fully saturated rings. The van der Waals surface area contributed by atoms with Crippen molar-refractivity contribution in [2.24, 2.45) is 0 Å². The Hall–Kier alpha value is -3.95. The lowest BCUT2D eigenvalue weighted by Crippen LogP contribution is -2.39. The zero-order valence-corrected chi connectivity index (χ0v) is 18.1. The van der Waals surface area contributed by atoms with Crippen molar-refractivity contribution in [1.29, 1.82) is 0 Å². The van der Waals surface area contributed by atoms with E-state index in [0.717, 1.165) is 24.7 Å². The van der Waals surface area contributed by atoms with Crippen LogP contribution < -0.4 is 5.56 Å². The molecule has 172 valence electrons. The highest BCUT2D eigenvalue weighted by molar-refractivity contribution is 5.94. The van der Waals surface area contributed by atoms with Crippen LogP contribution in [0.1, 0.15) is 52.0 Å². The smallest absolute Gasteiger partial charge is 0.272 e. The molecule has 0 spiro atoms. The average Bonchev–Trinajstić information content (AvgIpc) is 3.60. The number of nitrogens with one attached hydrogen (secondary N) is 1. The van der Waals surface area contributed by atoms with Gasteiger partial charge >= 0.3 is 0 Å². The number of benzene rings is 2. The zero-order valence-electron chi connectivity index (χ0n) is 18.1. The van der Waals surface area contributed by atoms with Crippen molar-refractivity contribution >= 4 is 16.7 Å². The minimum absolute atomic E-state index is 0.0346. The lowest BCUT2D eigenvalue weighted by molar-refractivity contribution is 0.0701. The second kappa shape index (κ2) is 7.82. The summed E-state index contributed by atoms with van der Waals surface area (Å²) in [6.07, 6.45) is 2.47. The van der Waals surface area contributed by atoms with Gasteiger partial charge in [-0.15, -0.1) is 10.2 Å². The number of H-pyrrole nitrogens is 1. The van der Waals surface area contributed by atoms with Gasteiger partial charge in [-0.05, 0) is 48.7 Å². The van der Waals surface area contributed by atoms with Gasteiger partial charge in [-0.2, -0.15) is 5.10 Å². The maximum Gasteiger partial charge on any atom is 0.272 e. The largest absolute Gasteiger partial charge is 0.329 e. The van der Waals surface area contributed by atoms with Crippen LogP contribution in [0.5, 0.6) is 0 Å². The van der Waals surface area contributed by atoms with Crippen molar-refractivity contribution in [2.75, 3.05) is 6.54 Å². The molecule has 0 bridgehead atoms. The second-order valence-corrected chi connectivity index (χ2v) is 8.81. The number of hydrogen-bond donors (Lipinski definition) is 1. The van der Waals surface area contributed by atoms with Crippen molar-refractivity contribution < 1.29 is 13.6 Å². The summed E-state index contributed by atoms with van der Waals surface area (Å²) in [7, 11) is 0. The summed E-state index contributed by atoms with van der Waals surface area (Å²) in [5.74, 6) is 0.618. The number of amides is 1. The summed E-state index contributed by atoms with van der Waals surface area (Å²) in [6.45, 7) is 1.32. The van der Waals surface area contributed by atoms with Crippen molar-refractivity contribution in [3.63, 3.8) is 0 Å². The summed E-state index contributed by atoms with van der Waals surface area (Å²) in [4.78, 5) is 26.8. The van der Waals surface area contributed by atoms with E-state index in [1.165, 1.54) is 24.3 Å². The molecule has 0 radical (unpaired) electrons. The molecule has 10 heteroatoms. The van der Waals surface area contributed by atoms with Crippen molar-refractivity contribution in [3.8, 4) is 0 Å². The summed E-state index contributed by atoms with van der Waals surface area (Å²) in [5, 5.41) is 15.7. The fourth-order valence-corrected chi connectivity index (χ4v) is 4.54. The quantitative estimate of drug-likeness (QED) is 0.503. The molecule has 8 nitrogen and oxygen atoms in total. The number of aromatic nitrogens is 5. The SMILES string of the molecule is O=C(c1cc(Cc2n[nH]c(=O)c3cc(F)ccc23)ccc1F)N1CCn2c(nnc2C2CC2)C1. The molecule has 1 aliphatic carbocycles. The lowest BCUT2D eigenvalue weighted by Gasteiger charge is -2.28. The Morgan fingerprint density at radius 1 is 1.06 bits per heavy atom. The first-order chi connectivity index (χ1) is 16.5. The maximum atomic E-state index is 14.7. The van der Waals surface area contributed by atoms with Crippen LogP contribution in [-0.2, 0) is 19.5 Å². The first-order valence-corrected chi connectivity index (χ1v) is 11.1. The molecule has 34 heavy (non-hydrogen) atoms. The molecule has 4 aromatic rings. The van der Waals surface area contributed by atoms with Crippen LogP contribution >= 0.6 is 0 Å². The van der Waals surface area contributed by atoms with Gasteiger partial charge in [0.05, 0.1) is 23.2 Å². The number of carbonyl (C=O) groups is 1. The molecule has 0 atom stereocenters. The summed E-state index contributed by atoms with van der Waals surface area (Å²) in [5.41, 5.74) is 0.619. The minimum Gasteiger partial charge on any atom is -0.329 e. The van der Waals surface area contributed by atoms with Crippen LogP contribution in [0.25, 0.3) is 10.8 Å². The van der Waals surface area contributed by atoms with Crippen LogP contribution in [0.15, 0.2) is 41.2 Å². The predicted octanol–water partition coefficient (Wildman–Crippen LogP) is 2.92. The zero-order chi connectivity index (χ0) is 23.4. The summed E-state index contributed by atoms with van der Waals surface area (Å²) >= 11 is 0. The highest BCUT2D eigenvalue weighted by atomic mass is 19.1. The van der Waals surface area contributed by atoms with E-state index in [0.29, 0.717) is 41.5 Å². The highest BCUT2D eigenvalue weighted by Crippen LogP contribution is 2.39. The van der Waals surface area contributed by atoms with E-state index in [1.807, 2.05) is 0 Å². The van der Waals surface area contributed by atoms with Crippen LogP contribution in [-0.4, -0.2) is 42.3 Å². The van der Waals surface area contributed by atoms with Crippen LogP contribution in [0.3, 0.4) is 0 Å². The van der Waals surface area contributed by atoms with Crippen molar-refractivity contribution in [3.05, 3.63) is 86.9 Å². The molecule has 6 rings (SSSR count). The van der Waals surface area contributed by atoms with E-state index in [2.05, 4.69) is 25.0 Å². The monoisotopic (exact) mass is 462 g/mol. The standard InChI is InChI=1S/C24H20F2N6O2/c25-15-4-5-16-17(11-15)23(33)30-27-20(16)10-13-1-6-19(26)18(9-13)24(34)31-7-8-32-21(12-31)28-29-22(32)14-2-3-14/h1,4-6,9,11,14H,2-3,7-8,10,12H2,(H,30,33). The van der Waals surface area contributed by atoms with Crippen LogP contribution in [0.4, 0.5) is 8.78 Å². The molecule has 1 amide bonds. The molecular weight excluding hydrogens is 442 g/mol. The Labute approximate surface area is 192 Å². The average molecular weight is 462 g/mol. The third kappa shape index (κ3) is 3.55. The number of aromatic amines is 1. The molecule has 3 heterocycles. The van der Waals surface area contributed by atoms with Gasteiger partial charge in [0.25, 0.3) is 11.5 Å². The Kier molecular flexibility index (Phi) is 4.75. The van der Waals surface area contributed by atoms with Gasteiger partial charge < -0.3 is 9.47 Å². The Bertz CT molecular complexity index is 1510. The normalized spacial score (nSPS) is 15.5. The van der Waals surface area contributed by atoms with Gasteiger partial charge in [0.15, 0.2) is 5.82 Å². The number of carbonyl (C=O) groups excluding carboxylic acids is 1. The molecule has 1 aliphatic heterocycles. The van der Waals surface area contributed by atoms with E-state index in [4.69, 9.17) is 0 Å². The fourth-order valence-electron chi connectivity index (χ4n) is 4.54. The van der Waals surface area contributed by atoms with Crippen LogP contribution in [0.2, 0.25) is 0 Å². The first kappa shape index (κ1) is 20.6. The van der Waals surface area contributed by atoms with Gasteiger partial charge in [-0.25, -0.2) is 13.9 Å². The van der Waals surface area contributed by atoms with E-state index < -0.39 is 23.1 Å². The van der Waals surface area contributed by atoms with E-state index >= 15 is 0 Å². The van der Waals surface area contributed by atoms with E-state index in [-0.39, 0.29) is 23.9 Å². The molecule has 2 aliphatic rings. The van der Waals surface area contributed by atoms with Gasteiger partial charge in [0.1, 0.15) is 17.5 Å². The van der Waals surface area contributed by atoms with Crippen molar-refractivity contribution in [1.82, 2.24) is 29.9 Å². The van der Waals surface area contributed by atoms with Gasteiger partial charge in [0, 0.05) is 30.8 Å². The topological polar surface area (TPSA) is 96.8 Å². The number of fused-ring (bicyclic) bond motifs is 2. The molecule has 1 N–H and O–H groups in total. The van der Waals surface area contributed by atoms with E-state index in [1.54, 1.807) is 11.0 Å². The predicted molar refractivity (Wildman–Crippen MR) is 118 cm³/mol. The molecule has 0 unspecified atom stereocenters. The van der Waals surface area contributed by atoms with Crippen molar-refractivity contribution in [2.45, 2.75) is 38.3 Å². The third-order valence-corrected chi connectivity index (χ3v) is 6.47.